The number of carbonyl (C=O) groups is 1. The molecule has 0 spiro atoms. The van der Waals surface area contributed by atoms with Crippen molar-refractivity contribution in [2.24, 2.45) is 5.92 Å². The number of hydrogen-bond donors (Lipinski definition) is 0. The van der Waals surface area contributed by atoms with Crippen LogP contribution >= 0.6 is 11.3 Å². The largest absolute Gasteiger partial charge is 0.282 e. The van der Waals surface area contributed by atoms with Crippen LogP contribution in [0.15, 0.2) is 65.7 Å². The number of sulfonamides is 1. The maximum atomic E-state index is 13.8. The van der Waals surface area contributed by atoms with E-state index in [4.69, 9.17) is 4.98 Å². The number of amides is 1. The van der Waals surface area contributed by atoms with E-state index in [1.807, 2.05) is 37.3 Å². The van der Waals surface area contributed by atoms with Gasteiger partial charge in [0.15, 0.2) is 16.8 Å². The predicted molar refractivity (Wildman–Crippen MR) is 138 cm³/mol. The van der Waals surface area contributed by atoms with Gasteiger partial charge in [0.1, 0.15) is 0 Å². The van der Waals surface area contributed by atoms with Crippen molar-refractivity contribution in [3.63, 3.8) is 0 Å². The molecule has 0 saturated carbocycles. The number of anilines is 1. The average Bonchev–Trinajstić information content (AvgIpc) is 3.32. The zero-order valence-electron chi connectivity index (χ0n) is 20.0. The van der Waals surface area contributed by atoms with E-state index in [-0.39, 0.29) is 30.4 Å². The van der Waals surface area contributed by atoms with E-state index < -0.39 is 27.6 Å². The van der Waals surface area contributed by atoms with Crippen molar-refractivity contribution in [3.05, 3.63) is 83.7 Å². The number of fused-ring (bicyclic) bond motifs is 1. The Morgan fingerprint density at radius 2 is 1.86 bits per heavy atom. The van der Waals surface area contributed by atoms with E-state index in [0.717, 1.165) is 27.9 Å². The average molecular weight is 543 g/mol. The Kier molecular flexibility index (Phi) is 7.02. The first-order valence-electron chi connectivity index (χ1n) is 11.8. The van der Waals surface area contributed by atoms with Gasteiger partial charge in [0, 0.05) is 25.2 Å². The summed E-state index contributed by atoms with van der Waals surface area (Å²) in [7, 11) is -4.01. The zero-order valence-corrected chi connectivity index (χ0v) is 21.6. The lowest BCUT2D eigenvalue weighted by Gasteiger charge is -2.33. The number of pyridine rings is 1. The van der Waals surface area contributed by atoms with Crippen LogP contribution in [0.25, 0.3) is 10.2 Å². The molecule has 0 bridgehead atoms. The summed E-state index contributed by atoms with van der Waals surface area (Å²) in [6, 6.07) is 14.0. The van der Waals surface area contributed by atoms with E-state index in [1.54, 1.807) is 17.2 Å². The molecule has 11 heteroatoms. The summed E-state index contributed by atoms with van der Waals surface area (Å²) >= 11 is 1.43. The van der Waals surface area contributed by atoms with Crippen molar-refractivity contribution in [1.82, 2.24) is 14.3 Å². The second-order valence-corrected chi connectivity index (χ2v) is 11.9. The van der Waals surface area contributed by atoms with Crippen molar-refractivity contribution >= 4 is 42.6 Å². The van der Waals surface area contributed by atoms with Gasteiger partial charge >= 0.3 is 0 Å². The molecule has 1 amide bonds. The molecule has 1 aliphatic heterocycles. The molecule has 37 heavy (non-hydrogen) atoms. The number of nitrogens with zero attached hydrogens (tertiary/aromatic N) is 4. The minimum atomic E-state index is -4.01. The van der Waals surface area contributed by atoms with Gasteiger partial charge in [-0.05, 0) is 67.8 Å². The molecule has 3 heterocycles. The summed E-state index contributed by atoms with van der Waals surface area (Å²) in [5.41, 5.74) is 2.61. The summed E-state index contributed by atoms with van der Waals surface area (Å²) in [5.74, 6) is -2.90. The third kappa shape index (κ3) is 5.25. The van der Waals surface area contributed by atoms with E-state index in [1.165, 1.54) is 15.6 Å². The van der Waals surface area contributed by atoms with Gasteiger partial charge in [-0.3, -0.25) is 14.7 Å². The fourth-order valence-electron chi connectivity index (χ4n) is 4.38. The van der Waals surface area contributed by atoms with Crippen molar-refractivity contribution in [3.8, 4) is 0 Å². The first kappa shape index (κ1) is 25.4. The molecule has 2 aromatic heterocycles. The first-order chi connectivity index (χ1) is 17.7. The molecule has 1 saturated heterocycles. The normalized spacial score (nSPS) is 15.2. The maximum absolute atomic E-state index is 13.8. The van der Waals surface area contributed by atoms with Crippen LogP contribution in [-0.4, -0.2) is 41.7 Å². The van der Waals surface area contributed by atoms with Crippen LogP contribution in [-0.2, 0) is 21.4 Å². The minimum absolute atomic E-state index is 0.0915. The minimum Gasteiger partial charge on any atom is -0.282 e. The Morgan fingerprint density at radius 3 is 2.57 bits per heavy atom. The topological polar surface area (TPSA) is 83.5 Å². The van der Waals surface area contributed by atoms with Crippen molar-refractivity contribution in [2.75, 3.05) is 18.0 Å². The van der Waals surface area contributed by atoms with Crippen LogP contribution in [0.2, 0.25) is 0 Å². The summed E-state index contributed by atoms with van der Waals surface area (Å²) in [4.78, 5) is 24.2. The second-order valence-electron chi connectivity index (χ2n) is 8.97. The molecule has 0 N–H and O–H groups in total. The Balaban J connectivity index is 1.37. The van der Waals surface area contributed by atoms with Gasteiger partial charge in [0.2, 0.25) is 15.9 Å². The monoisotopic (exact) mass is 542 g/mol. The third-order valence-corrected chi connectivity index (χ3v) is 9.34. The molecule has 0 aliphatic carbocycles. The Hall–Kier alpha value is -3.28. The lowest BCUT2D eigenvalue weighted by Crippen LogP contribution is -2.44. The fraction of sp³-hybridized carbons (Fsp3) is 0.269. The van der Waals surface area contributed by atoms with Gasteiger partial charge < -0.3 is 0 Å². The van der Waals surface area contributed by atoms with Crippen molar-refractivity contribution in [1.29, 1.82) is 0 Å². The zero-order chi connectivity index (χ0) is 26.2. The van der Waals surface area contributed by atoms with Crippen molar-refractivity contribution < 1.29 is 22.0 Å². The molecule has 0 atom stereocenters. The molecular weight excluding hydrogens is 518 g/mol. The van der Waals surface area contributed by atoms with Crippen LogP contribution in [0, 0.1) is 24.5 Å². The molecule has 0 unspecified atom stereocenters. The molecule has 5 rings (SSSR count). The van der Waals surface area contributed by atoms with Crippen molar-refractivity contribution in [2.45, 2.75) is 31.2 Å². The predicted octanol–water partition coefficient (Wildman–Crippen LogP) is 4.91. The van der Waals surface area contributed by atoms with Gasteiger partial charge in [-0.1, -0.05) is 23.5 Å². The van der Waals surface area contributed by atoms with Gasteiger partial charge in [-0.2, -0.15) is 4.31 Å². The Labute approximate surface area is 217 Å². The van der Waals surface area contributed by atoms with Gasteiger partial charge in [-0.25, -0.2) is 22.2 Å². The van der Waals surface area contributed by atoms with Gasteiger partial charge in [0.05, 0.1) is 27.4 Å². The quantitative estimate of drug-likeness (QED) is 0.346. The van der Waals surface area contributed by atoms with Crippen LogP contribution in [0.3, 0.4) is 0 Å². The summed E-state index contributed by atoms with van der Waals surface area (Å²) in [6.07, 6.45) is 2.26. The van der Waals surface area contributed by atoms with E-state index in [2.05, 4.69) is 4.98 Å². The van der Waals surface area contributed by atoms with Crippen LogP contribution in [0.5, 0.6) is 0 Å². The molecule has 1 aliphatic rings. The number of thiazole rings is 1. The highest BCUT2D eigenvalue weighted by Gasteiger charge is 2.35. The number of benzene rings is 2. The van der Waals surface area contributed by atoms with Crippen LogP contribution in [0.1, 0.15) is 24.1 Å². The number of piperidine rings is 1. The summed E-state index contributed by atoms with van der Waals surface area (Å²) < 4.78 is 55.1. The number of halogens is 2. The second kappa shape index (κ2) is 10.2. The van der Waals surface area contributed by atoms with E-state index >= 15 is 0 Å². The standard InChI is InChI=1S/C26H24F2N4O3S2/c1-17-5-8-23-24(14-17)36-26(30-23)32(16-19-4-2-3-11-29-19)25(33)18-9-12-31(13-10-18)37(34,35)20-6-7-21(27)22(28)15-20/h2-8,11,14-15,18H,9-10,12-13,16H2,1H3. The number of aryl methyl sites for hydroxylation is 1. The highest BCUT2D eigenvalue weighted by molar-refractivity contribution is 7.89. The number of hydrogen-bond acceptors (Lipinski definition) is 6. The van der Waals surface area contributed by atoms with Gasteiger partial charge in [0.25, 0.3) is 0 Å². The smallest absolute Gasteiger partial charge is 0.243 e. The van der Waals surface area contributed by atoms with E-state index in [9.17, 15) is 22.0 Å². The van der Waals surface area contributed by atoms with Crippen LogP contribution < -0.4 is 4.90 Å². The lowest BCUT2D eigenvalue weighted by atomic mass is 9.96. The maximum Gasteiger partial charge on any atom is 0.243 e. The highest BCUT2D eigenvalue weighted by Crippen LogP contribution is 2.33. The Bertz CT molecular complexity index is 1550. The summed E-state index contributed by atoms with van der Waals surface area (Å²) in [6.45, 7) is 2.42. The molecule has 2 aromatic carbocycles. The fourth-order valence-corrected chi connectivity index (χ4v) is 6.93. The number of rotatable bonds is 6. The molecule has 7 nitrogen and oxygen atoms in total. The molecular formula is C26H24F2N4O3S2. The molecule has 0 radical (unpaired) electrons. The van der Waals surface area contributed by atoms with Crippen LogP contribution in [0.4, 0.5) is 13.9 Å². The van der Waals surface area contributed by atoms with E-state index in [0.29, 0.717) is 29.7 Å². The molecule has 192 valence electrons. The SMILES string of the molecule is Cc1ccc2nc(N(Cc3ccccn3)C(=O)C3CCN(S(=O)(=O)c4ccc(F)c(F)c4)CC3)sc2c1. The highest BCUT2D eigenvalue weighted by atomic mass is 32.2. The summed E-state index contributed by atoms with van der Waals surface area (Å²) in [5, 5.41) is 0.563. The number of aromatic nitrogens is 2. The molecule has 1 fully saturated rings. The Morgan fingerprint density at radius 1 is 1.08 bits per heavy atom. The first-order valence-corrected chi connectivity index (χ1v) is 14.0. The van der Waals surface area contributed by atoms with Gasteiger partial charge in [-0.15, -0.1) is 0 Å². The number of carbonyl (C=O) groups excluding carboxylic acids is 1. The lowest BCUT2D eigenvalue weighted by molar-refractivity contribution is -0.123. The third-order valence-electron chi connectivity index (χ3n) is 6.41. The molecule has 4 aromatic rings.